The van der Waals surface area contributed by atoms with E-state index >= 15 is 0 Å². The summed E-state index contributed by atoms with van der Waals surface area (Å²) >= 11 is 0. The Morgan fingerprint density at radius 2 is 1.43 bits per heavy atom. The molecule has 2 rings (SSSR count). The van der Waals surface area contributed by atoms with Gasteiger partial charge in [0.2, 0.25) is 0 Å². The molecule has 2 nitrogen and oxygen atoms in total. The lowest BCUT2D eigenvalue weighted by molar-refractivity contribution is -0.138. The Morgan fingerprint density at radius 1 is 0.857 bits per heavy atom. The van der Waals surface area contributed by atoms with Crippen molar-refractivity contribution in [1.82, 2.24) is 0 Å². The first-order chi connectivity index (χ1) is 10.0. The molecule has 0 saturated heterocycles. The van der Waals surface area contributed by atoms with Gasteiger partial charge in [-0.15, -0.1) is 0 Å². The number of hydrogen-bond acceptors (Lipinski definition) is 2. The summed E-state index contributed by atoms with van der Waals surface area (Å²) in [6.07, 6.45) is -5.01. The molecule has 2 aromatic rings. The third kappa shape index (κ3) is 5.77. The summed E-state index contributed by atoms with van der Waals surface area (Å²) in [6.45, 7) is 0. The van der Waals surface area contributed by atoms with Crippen molar-refractivity contribution < 1.29 is 13.2 Å². The van der Waals surface area contributed by atoms with Crippen LogP contribution in [0.25, 0.3) is 0 Å². The molecule has 5 heteroatoms. The van der Waals surface area contributed by atoms with Crippen LogP contribution in [0.5, 0.6) is 0 Å². The van der Waals surface area contributed by atoms with Crippen molar-refractivity contribution in [2.75, 3.05) is 0 Å². The molecule has 2 aromatic carbocycles. The zero-order valence-corrected chi connectivity index (χ0v) is 11.3. The lowest BCUT2D eigenvalue weighted by Crippen LogP contribution is -2.19. The predicted octanol–water partition coefficient (Wildman–Crippen LogP) is 5.33. The van der Waals surface area contributed by atoms with Crippen molar-refractivity contribution in [2.45, 2.75) is 25.1 Å². The van der Waals surface area contributed by atoms with Gasteiger partial charge in [0.25, 0.3) is 0 Å². The average molecular weight is 292 g/mol. The number of benzene rings is 2. The molecule has 21 heavy (non-hydrogen) atoms. The summed E-state index contributed by atoms with van der Waals surface area (Å²) in [5.74, 6) is 0. The highest BCUT2D eigenvalue weighted by Gasteiger charge is 2.32. The molecule has 1 atom stereocenters. The van der Waals surface area contributed by atoms with E-state index in [2.05, 4.69) is 10.2 Å². The van der Waals surface area contributed by atoms with Crippen molar-refractivity contribution in [2.24, 2.45) is 10.2 Å². The van der Waals surface area contributed by atoms with Gasteiger partial charge in [0.05, 0.1) is 18.2 Å². The van der Waals surface area contributed by atoms with Gasteiger partial charge in [-0.3, -0.25) is 0 Å². The van der Waals surface area contributed by atoms with E-state index in [9.17, 15) is 13.2 Å². The number of alkyl halides is 3. The Balaban J connectivity index is 2.10. The fourth-order valence-electron chi connectivity index (χ4n) is 1.95. The maximum Gasteiger partial charge on any atom is 0.391 e. The number of hydrogen-bond donors (Lipinski definition) is 0. The standard InChI is InChI=1S/C16H15F3N2/c17-16(18,19)12-15(11-13-7-3-1-4-8-13)21-20-14-9-5-2-6-10-14/h1-10,15H,11-12H2. The molecule has 1 unspecified atom stereocenters. The smallest absolute Gasteiger partial charge is 0.185 e. The van der Waals surface area contributed by atoms with Gasteiger partial charge in [-0.2, -0.15) is 23.4 Å². The molecule has 0 aliphatic heterocycles. The minimum atomic E-state index is -4.25. The van der Waals surface area contributed by atoms with Crippen molar-refractivity contribution in [1.29, 1.82) is 0 Å². The van der Waals surface area contributed by atoms with Gasteiger partial charge in [-0.05, 0) is 24.1 Å². The average Bonchev–Trinajstić information content (AvgIpc) is 2.45. The molecule has 0 fully saturated rings. The highest BCUT2D eigenvalue weighted by atomic mass is 19.4. The van der Waals surface area contributed by atoms with E-state index in [0.717, 1.165) is 5.56 Å². The zero-order chi connectivity index (χ0) is 15.1. The first-order valence-electron chi connectivity index (χ1n) is 6.59. The zero-order valence-electron chi connectivity index (χ0n) is 11.3. The summed E-state index contributed by atoms with van der Waals surface area (Å²) in [4.78, 5) is 0. The van der Waals surface area contributed by atoms with Gasteiger partial charge in [0.1, 0.15) is 0 Å². The van der Waals surface area contributed by atoms with Crippen LogP contribution < -0.4 is 0 Å². The van der Waals surface area contributed by atoms with Crippen LogP contribution in [0.15, 0.2) is 70.9 Å². The van der Waals surface area contributed by atoms with E-state index in [-0.39, 0.29) is 6.42 Å². The normalized spacial score (nSPS) is 13.5. The second-order valence-electron chi connectivity index (χ2n) is 4.71. The van der Waals surface area contributed by atoms with Gasteiger partial charge in [0.15, 0.2) is 0 Å². The lowest BCUT2D eigenvalue weighted by Gasteiger charge is -2.13. The minimum absolute atomic E-state index is 0.219. The molecule has 0 saturated carbocycles. The molecule has 110 valence electrons. The van der Waals surface area contributed by atoms with Gasteiger partial charge in [-0.25, -0.2) is 0 Å². The summed E-state index contributed by atoms with van der Waals surface area (Å²) in [7, 11) is 0. The first-order valence-corrected chi connectivity index (χ1v) is 6.59. The number of nitrogens with zero attached hydrogens (tertiary/aromatic N) is 2. The van der Waals surface area contributed by atoms with Gasteiger partial charge in [0, 0.05) is 0 Å². The largest absolute Gasteiger partial charge is 0.391 e. The molecule has 0 heterocycles. The Kier molecular flexibility index (Phi) is 5.09. The number of azo groups is 1. The third-order valence-electron chi connectivity index (χ3n) is 2.87. The van der Waals surface area contributed by atoms with E-state index in [1.807, 2.05) is 12.1 Å². The lowest BCUT2D eigenvalue weighted by atomic mass is 10.0. The molecule has 0 spiro atoms. The monoisotopic (exact) mass is 292 g/mol. The highest BCUT2D eigenvalue weighted by Crippen LogP contribution is 2.26. The van der Waals surface area contributed by atoms with Crippen LogP contribution in [-0.2, 0) is 6.42 Å². The van der Waals surface area contributed by atoms with Crippen molar-refractivity contribution in [3.8, 4) is 0 Å². The van der Waals surface area contributed by atoms with Crippen LogP contribution in [0.2, 0.25) is 0 Å². The summed E-state index contributed by atoms with van der Waals surface area (Å²) in [6, 6.07) is 16.9. The van der Waals surface area contributed by atoms with E-state index in [0.29, 0.717) is 5.69 Å². The number of halogens is 3. The molecule has 0 bridgehead atoms. The van der Waals surface area contributed by atoms with Crippen LogP contribution >= 0.6 is 0 Å². The second-order valence-corrected chi connectivity index (χ2v) is 4.71. The van der Waals surface area contributed by atoms with E-state index in [1.54, 1.807) is 48.5 Å². The first kappa shape index (κ1) is 15.2. The minimum Gasteiger partial charge on any atom is -0.185 e. The van der Waals surface area contributed by atoms with Crippen LogP contribution in [0.1, 0.15) is 12.0 Å². The maximum absolute atomic E-state index is 12.6. The highest BCUT2D eigenvalue weighted by molar-refractivity contribution is 5.34. The molecule has 0 radical (unpaired) electrons. The van der Waals surface area contributed by atoms with Crippen LogP contribution in [-0.4, -0.2) is 12.2 Å². The predicted molar refractivity (Wildman–Crippen MR) is 75.6 cm³/mol. The fraction of sp³-hybridized carbons (Fsp3) is 0.250. The SMILES string of the molecule is FC(F)(F)CC(Cc1ccccc1)N=Nc1ccccc1. The Morgan fingerprint density at radius 3 is 2.00 bits per heavy atom. The Labute approximate surface area is 121 Å². The van der Waals surface area contributed by atoms with Crippen molar-refractivity contribution >= 4 is 5.69 Å². The van der Waals surface area contributed by atoms with Gasteiger partial charge < -0.3 is 0 Å². The molecule has 0 aromatic heterocycles. The maximum atomic E-state index is 12.6. The third-order valence-corrected chi connectivity index (χ3v) is 2.87. The molecular weight excluding hydrogens is 277 g/mol. The molecule has 0 amide bonds. The Hall–Kier alpha value is -2.17. The summed E-state index contributed by atoms with van der Waals surface area (Å²) in [5, 5.41) is 7.79. The fourth-order valence-corrected chi connectivity index (χ4v) is 1.95. The quantitative estimate of drug-likeness (QED) is 0.665. The summed E-state index contributed by atoms with van der Waals surface area (Å²) < 4.78 is 37.9. The van der Waals surface area contributed by atoms with Crippen molar-refractivity contribution in [3.63, 3.8) is 0 Å². The van der Waals surface area contributed by atoms with Crippen molar-refractivity contribution in [3.05, 3.63) is 66.2 Å². The van der Waals surface area contributed by atoms with Crippen LogP contribution in [0, 0.1) is 0 Å². The summed E-state index contributed by atoms with van der Waals surface area (Å²) in [5.41, 5.74) is 1.37. The van der Waals surface area contributed by atoms with Gasteiger partial charge >= 0.3 is 6.18 Å². The van der Waals surface area contributed by atoms with E-state index in [1.165, 1.54) is 0 Å². The van der Waals surface area contributed by atoms with Gasteiger partial charge in [-0.1, -0.05) is 48.5 Å². The van der Waals surface area contributed by atoms with E-state index in [4.69, 9.17) is 0 Å². The Bertz CT molecular complexity index is 565. The van der Waals surface area contributed by atoms with Crippen LogP contribution in [0.4, 0.5) is 18.9 Å². The number of rotatable bonds is 5. The van der Waals surface area contributed by atoms with Crippen LogP contribution in [0.3, 0.4) is 0 Å². The molecular formula is C16H15F3N2. The topological polar surface area (TPSA) is 24.7 Å². The molecule has 0 aliphatic rings. The van der Waals surface area contributed by atoms with E-state index < -0.39 is 18.6 Å². The second kappa shape index (κ2) is 7.02. The molecule has 0 N–H and O–H groups in total. The molecule has 0 aliphatic carbocycles.